The number of hydrogen-bond donors (Lipinski definition) is 1. The number of pyridine rings is 1. The van der Waals surface area contributed by atoms with Gasteiger partial charge in [0.1, 0.15) is 41.4 Å². The van der Waals surface area contributed by atoms with E-state index in [0.717, 1.165) is 35.0 Å². The molecule has 8 rings (SSSR count). The number of aromatic nitrogens is 1. The Morgan fingerprint density at radius 2 is 1.79 bits per heavy atom. The van der Waals surface area contributed by atoms with Gasteiger partial charge in [-0.2, -0.15) is 0 Å². The van der Waals surface area contributed by atoms with Crippen LogP contribution in [0.25, 0.3) is 10.9 Å². The van der Waals surface area contributed by atoms with Gasteiger partial charge in [0.05, 0.1) is 13.2 Å². The Balaban J connectivity index is 0.965. The molecular formula is C35H37FN4O7. The molecule has 0 saturated carbocycles. The lowest BCUT2D eigenvalue weighted by atomic mass is 9.95. The maximum Gasteiger partial charge on any atom is 0.255 e. The Morgan fingerprint density at radius 1 is 0.957 bits per heavy atom. The number of fused-ring (bicyclic) bond motifs is 2. The van der Waals surface area contributed by atoms with E-state index in [1.54, 1.807) is 18.2 Å². The molecule has 5 aliphatic rings. The molecule has 6 heterocycles. The van der Waals surface area contributed by atoms with Crippen molar-refractivity contribution >= 4 is 28.6 Å². The van der Waals surface area contributed by atoms with Crippen molar-refractivity contribution in [2.75, 3.05) is 39.5 Å². The third-order valence-electron chi connectivity index (χ3n) is 9.92. The normalized spacial score (nSPS) is 25.7. The average Bonchev–Trinajstić information content (AvgIpc) is 3.57. The molecule has 4 saturated heterocycles. The summed E-state index contributed by atoms with van der Waals surface area (Å²) < 4.78 is 39.1. The molecule has 0 spiro atoms. The van der Waals surface area contributed by atoms with E-state index >= 15 is 4.39 Å². The van der Waals surface area contributed by atoms with Crippen LogP contribution in [0.1, 0.15) is 58.8 Å². The number of amides is 3. The van der Waals surface area contributed by atoms with Gasteiger partial charge in [0.2, 0.25) is 11.8 Å². The van der Waals surface area contributed by atoms with E-state index in [1.165, 1.54) is 4.90 Å². The molecule has 5 aliphatic heterocycles. The van der Waals surface area contributed by atoms with E-state index in [0.29, 0.717) is 75.2 Å². The Morgan fingerprint density at radius 3 is 2.57 bits per heavy atom. The summed E-state index contributed by atoms with van der Waals surface area (Å²) in [5.41, 5.74) is 3.48. The molecule has 3 atom stereocenters. The SMILES string of the molecule is O=C1CC[C@@H](N2Cc3cc(O[C@H]4CN(Cc5cc(F)c6nc(C7CCOCC7)ccc6c5)C[C@@H]4OC4COC4)ccc3C2=O)C(=O)N1. The topological polar surface area (TPSA) is 120 Å². The monoisotopic (exact) mass is 644 g/mol. The van der Waals surface area contributed by atoms with E-state index in [9.17, 15) is 14.4 Å². The first-order chi connectivity index (χ1) is 22.9. The number of carbonyl (C=O) groups is 3. The molecule has 47 heavy (non-hydrogen) atoms. The first-order valence-electron chi connectivity index (χ1n) is 16.4. The summed E-state index contributed by atoms with van der Waals surface area (Å²) in [5.74, 6) is -0.400. The number of halogens is 1. The quantitative estimate of drug-likeness (QED) is 0.369. The Labute approximate surface area is 271 Å². The van der Waals surface area contributed by atoms with Gasteiger partial charge in [0.15, 0.2) is 0 Å². The molecule has 0 aliphatic carbocycles. The number of likely N-dealkylation sites (tertiary alicyclic amines) is 1. The summed E-state index contributed by atoms with van der Waals surface area (Å²) in [5, 5.41) is 3.12. The van der Waals surface area contributed by atoms with Crippen molar-refractivity contribution in [1.29, 1.82) is 0 Å². The second-order valence-corrected chi connectivity index (χ2v) is 13.2. The molecule has 2 aromatic carbocycles. The fraction of sp³-hybridized carbons (Fsp3) is 0.486. The van der Waals surface area contributed by atoms with Gasteiger partial charge in [-0.15, -0.1) is 0 Å². The maximum atomic E-state index is 15.4. The van der Waals surface area contributed by atoms with Crippen molar-refractivity contribution in [3.63, 3.8) is 0 Å². The molecule has 4 fully saturated rings. The van der Waals surface area contributed by atoms with Crippen LogP contribution in [0.5, 0.6) is 5.75 Å². The largest absolute Gasteiger partial charge is 0.486 e. The minimum atomic E-state index is -0.674. The summed E-state index contributed by atoms with van der Waals surface area (Å²) in [6.07, 6.45) is 1.79. The lowest BCUT2D eigenvalue weighted by molar-refractivity contribution is -0.163. The van der Waals surface area contributed by atoms with Gasteiger partial charge in [-0.25, -0.2) is 9.37 Å². The van der Waals surface area contributed by atoms with E-state index in [4.69, 9.17) is 23.9 Å². The molecule has 1 N–H and O–H groups in total. The van der Waals surface area contributed by atoms with Gasteiger partial charge >= 0.3 is 0 Å². The van der Waals surface area contributed by atoms with Crippen molar-refractivity contribution in [2.24, 2.45) is 0 Å². The summed E-state index contributed by atoms with van der Waals surface area (Å²) in [7, 11) is 0. The van der Waals surface area contributed by atoms with Crippen molar-refractivity contribution in [1.82, 2.24) is 20.1 Å². The van der Waals surface area contributed by atoms with Crippen LogP contribution in [-0.2, 0) is 36.9 Å². The minimum Gasteiger partial charge on any atom is -0.486 e. The molecule has 246 valence electrons. The van der Waals surface area contributed by atoms with Crippen molar-refractivity contribution in [2.45, 2.75) is 69.0 Å². The zero-order valence-electron chi connectivity index (χ0n) is 26.0. The molecule has 11 nitrogen and oxygen atoms in total. The lowest BCUT2D eigenvalue weighted by Gasteiger charge is -2.31. The highest BCUT2D eigenvalue weighted by Crippen LogP contribution is 2.33. The third-order valence-corrected chi connectivity index (χ3v) is 9.92. The highest BCUT2D eigenvalue weighted by atomic mass is 19.1. The second-order valence-electron chi connectivity index (χ2n) is 13.2. The average molecular weight is 645 g/mol. The van der Waals surface area contributed by atoms with Crippen molar-refractivity contribution in [3.05, 3.63) is 70.7 Å². The molecule has 0 unspecified atom stereocenters. The van der Waals surface area contributed by atoms with Crippen LogP contribution in [-0.4, -0.2) is 96.4 Å². The van der Waals surface area contributed by atoms with Gasteiger partial charge in [-0.05, 0) is 66.8 Å². The van der Waals surface area contributed by atoms with Gasteiger partial charge in [0, 0.05) is 68.4 Å². The minimum absolute atomic E-state index is 0.000109. The fourth-order valence-corrected chi connectivity index (χ4v) is 7.37. The van der Waals surface area contributed by atoms with Gasteiger partial charge in [-0.1, -0.05) is 6.07 Å². The molecule has 0 bridgehead atoms. The Hall–Kier alpha value is -3.97. The Bertz CT molecular complexity index is 1730. The highest BCUT2D eigenvalue weighted by molar-refractivity contribution is 6.05. The predicted octanol–water partition coefficient (Wildman–Crippen LogP) is 3.08. The number of imide groups is 1. The van der Waals surface area contributed by atoms with Gasteiger partial charge in [0.25, 0.3) is 5.91 Å². The summed E-state index contributed by atoms with van der Waals surface area (Å²) in [6, 6.07) is 12.3. The molecule has 3 amide bonds. The van der Waals surface area contributed by atoms with Crippen LogP contribution < -0.4 is 10.1 Å². The number of ether oxygens (including phenoxy) is 4. The smallest absolute Gasteiger partial charge is 0.255 e. The maximum absolute atomic E-state index is 15.4. The third kappa shape index (κ3) is 6.11. The van der Waals surface area contributed by atoms with Crippen LogP contribution in [0.3, 0.4) is 0 Å². The predicted molar refractivity (Wildman–Crippen MR) is 166 cm³/mol. The summed E-state index contributed by atoms with van der Waals surface area (Å²) in [4.78, 5) is 45.7. The zero-order valence-corrected chi connectivity index (χ0v) is 26.0. The van der Waals surface area contributed by atoms with Crippen LogP contribution in [0.15, 0.2) is 42.5 Å². The number of nitrogens with zero attached hydrogens (tertiary/aromatic N) is 3. The number of rotatable bonds is 8. The van der Waals surface area contributed by atoms with Crippen LogP contribution in [0, 0.1) is 5.82 Å². The summed E-state index contributed by atoms with van der Waals surface area (Å²) >= 11 is 0. The number of benzene rings is 2. The van der Waals surface area contributed by atoms with Crippen molar-refractivity contribution < 1.29 is 37.7 Å². The second kappa shape index (κ2) is 12.6. The van der Waals surface area contributed by atoms with E-state index in [-0.39, 0.29) is 48.9 Å². The summed E-state index contributed by atoms with van der Waals surface area (Å²) in [6.45, 7) is 4.46. The zero-order chi connectivity index (χ0) is 32.1. The molecule has 3 aromatic rings. The van der Waals surface area contributed by atoms with Gasteiger partial charge in [-0.3, -0.25) is 24.6 Å². The van der Waals surface area contributed by atoms with Crippen LogP contribution >= 0.6 is 0 Å². The van der Waals surface area contributed by atoms with Crippen LogP contribution in [0.2, 0.25) is 0 Å². The molecular weight excluding hydrogens is 607 g/mol. The van der Waals surface area contributed by atoms with E-state index in [1.807, 2.05) is 24.3 Å². The standard InChI is InChI=1S/C35H37FN4O7/c36-27-12-20(11-22-1-4-28(37-33(22)27)21-7-9-44-10-8-21)14-39-16-30(31(17-39)47-25-18-45-19-25)46-24-2-3-26-23(13-24)15-40(35(26)43)29-5-6-32(41)38-34(29)42/h1-4,11-13,21,25,29-31H,5-10,14-19H2,(H,38,41,42)/t29-,30+,31+/m1/s1. The first kappa shape index (κ1) is 30.4. The van der Waals surface area contributed by atoms with E-state index < -0.39 is 11.9 Å². The molecule has 0 radical (unpaired) electrons. The fourth-order valence-electron chi connectivity index (χ4n) is 7.37. The number of hydrogen-bond acceptors (Lipinski definition) is 9. The van der Waals surface area contributed by atoms with Gasteiger partial charge < -0.3 is 23.8 Å². The van der Waals surface area contributed by atoms with Crippen LogP contribution in [0.4, 0.5) is 4.39 Å². The molecule has 1 aromatic heterocycles. The molecule has 12 heteroatoms. The first-order valence-corrected chi connectivity index (χ1v) is 16.4. The van der Waals surface area contributed by atoms with E-state index in [2.05, 4.69) is 10.2 Å². The highest BCUT2D eigenvalue weighted by Gasteiger charge is 2.41. The number of nitrogens with one attached hydrogen (secondary N) is 1. The lowest BCUT2D eigenvalue weighted by Crippen LogP contribution is -2.52. The number of carbonyl (C=O) groups excluding carboxylic acids is 3. The van der Waals surface area contributed by atoms with Crippen molar-refractivity contribution in [3.8, 4) is 5.75 Å². The number of piperidine rings is 1. The Kier molecular flexibility index (Phi) is 8.12.